The molecule has 1 aromatic rings. The summed E-state index contributed by atoms with van der Waals surface area (Å²) in [7, 11) is 2.69. The van der Waals surface area contributed by atoms with E-state index in [-0.39, 0.29) is 35.7 Å². The molecule has 9 nitrogen and oxygen atoms in total. The van der Waals surface area contributed by atoms with Crippen molar-refractivity contribution in [1.29, 1.82) is 0 Å². The molecule has 0 bridgehead atoms. The molecule has 0 atom stereocenters. The predicted octanol–water partition coefficient (Wildman–Crippen LogP) is 11.9. The summed E-state index contributed by atoms with van der Waals surface area (Å²) in [6, 6.07) is 2.76. The molecule has 0 aliphatic rings. The van der Waals surface area contributed by atoms with E-state index in [4.69, 9.17) is 18.9 Å². The molecule has 302 valence electrons. The number of esters is 4. The molecular weight excluding hydrogens is 672 g/mol. The van der Waals surface area contributed by atoms with Gasteiger partial charge in [0.25, 0.3) is 0 Å². The Hall–Kier alpha value is -3.36. The summed E-state index contributed by atoms with van der Waals surface area (Å²) < 4.78 is 20.5. The minimum Gasteiger partial charge on any atom is -0.502 e. The van der Waals surface area contributed by atoms with Gasteiger partial charge in [-0.05, 0) is 36.6 Å². The van der Waals surface area contributed by atoms with E-state index in [0.717, 1.165) is 44.6 Å². The highest BCUT2D eigenvalue weighted by molar-refractivity contribution is 6.21. The Bertz CT molecular complexity index is 1110. The number of rotatable bonds is 33. The van der Waals surface area contributed by atoms with E-state index < -0.39 is 29.5 Å². The smallest absolute Gasteiger partial charge is 0.353 e. The van der Waals surface area contributed by atoms with E-state index in [1.165, 1.54) is 142 Å². The van der Waals surface area contributed by atoms with Gasteiger partial charge in [0.2, 0.25) is 5.75 Å². The molecule has 0 fully saturated rings. The van der Waals surface area contributed by atoms with Crippen molar-refractivity contribution in [2.24, 2.45) is 0 Å². The van der Waals surface area contributed by atoms with E-state index in [1.54, 1.807) is 0 Å². The molecule has 0 radical (unpaired) electrons. The fraction of sp³-hybridized carbons (Fsp3) is 0.727. The Morgan fingerprint density at radius 2 is 0.774 bits per heavy atom. The van der Waals surface area contributed by atoms with Crippen molar-refractivity contribution in [3.05, 3.63) is 23.3 Å². The molecule has 53 heavy (non-hydrogen) atoms. The first-order valence-electron chi connectivity index (χ1n) is 20.9. The molecule has 0 amide bonds. The molecule has 0 aromatic heterocycles. The zero-order chi connectivity index (χ0) is 38.9. The second-order valence-corrected chi connectivity index (χ2v) is 14.3. The van der Waals surface area contributed by atoms with E-state index in [2.05, 4.69) is 13.8 Å². The highest BCUT2D eigenvalue weighted by atomic mass is 16.6. The maximum absolute atomic E-state index is 13.1. The summed E-state index contributed by atoms with van der Waals surface area (Å²) >= 11 is 0. The van der Waals surface area contributed by atoms with Gasteiger partial charge in [-0.1, -0.05) is 168 Å². The van der Waals surface area contributed by atoms with Crippen LogP contribution in [0, 0.1) is 0 Å². The first kappa shape index (κ1) is 47.7. The number of benzene rings is 1. The van der Waals surface area contributed by atoms with Gasteiger partial charge in [-0.15, -0.1) is 0 Å². The van der Waals surface area contributed by atoms with Crippen molar-refractivity contribution in [2.45, 2.75) is 194 Å². The minimum absolute atomic E-state index is 0.0324. The Balaban J connectivity index is 2.59. The molecule has 0 spiro atoms. The number of hydrogen-bond donors (Lipinski definition) is 1. The number of unbranched alkanes of at least 4 members (excludes halogenated alkanes) is 24. The third-order valence-corrected chi connectivity index (χ3v) is 9.63. The molecule has 1 rings (SSSR count). The van der Waals surface area contributed by atoms with Crippen LogP contribution in [0.5, 0.6) is 17.2 Å². The lowest BCUT2D eigenvalue weighted by atomic mass is 10.0. The largest absolute Gasteiger partial charge is 0.502 e. The van der Waals surface area contributed by atoms with E-state index >= 15 is 0 Å². The fourth-order valence-electron chi connectivity index (χ4n) is 6.36. The third kappa shape index (κ3) is 23.8. The quantitative estimate of drug-likeness (QED) is 0.0246. The molecule has 0 aliphatic heterocycles. The number of phenolic OH excluding ortho intramolecular Hbond substituents is 1. The number of phenols is 1. The van der Waals surface area contributed by atoms with Crippen molar-refractivity contribution < 1.29 is 43.2 Å². The van der Waals surface area contributed by atoms with E-state index in [9.17, 15) is 24.3 Å². The zero-order valence-corrected chi connectivity index (χ0v) is 33.7. The second-order valence-electron chi connectivity index (χ2n) is 14.3. The topological polar surface area (TPSA) is 125 Å². The van der Waals surface area contributed by atoms with Crippen LogP contribution in [0.1, 0.15) is 199 Å². The molecule has 1 aromatic carbocycles. The van der Waals surface area contributed by atoms with Crippen LogP contribution in [-0.2, 0) is 28.7 Å². The van der Waals surface area contributed by atoms with Crippen LogP contribution in [0.4, 0.5) is 0 Å². The van der Waals surface area contributed by atoms with Crippen molar-refractivity contribution in [3.63, 3.8) is 0 Å². The second kappa shape index (κ2) is 32.1. The average molecular weight is 745 g/mol. The van der Waals surface area contributed by atoms with E-state index in [1.807, 2.05) is 0 Å². The molecule has 0 aliphatic carbocycles. The summed E-state index contributed by atoms with van der Waals surface area (Å²) in [5.74, 6) is -4.13. The Morgan fingerprint density at radius 3 is 1.06 bits per heavy atom. The van der Waals surface area contributed by atoms with Gasteiger partial charge >= 0.3 is 23.9 Å². The van der Waals surface area contributed by atoms with Crippen LogP contribution in [0.2, 0.25) is 0 Å². The number of ether oxygens (including phenoxy) is 4. The third-order valence-electron chi connectivity index (χ3n) is 9.63. The molecular formula is C44H72O9. The fourth-order valence-corrected chi connectivity index (χ4v) is 6.36. The SMILES string of the molecule is CCCCCCCCCCCCCCCC(=O)OC(=O)C(=Cc1cc(OC)c(O)c(OC)c1)C(=O)OC(=O)CCCCCCCCCCCCCCC. The summed E-state index contributed by atoms with van der Waals surface area (Å²) in [5, 5.41) is 10.3. The molecule has 0 saturated heterocycles. The lowest BCUT2D eigenvalue weighted by Gasteiger charge is -2.11. The van der Waals surface area contributed by atoms with Crippen LogP contribution < -0.4 is 9.47 Å². The summed E-state index contributed by atoms with van der Waals surface area (Å²) in [6.45, 7) is 4.47. The lowest BCUT2D eigenvalue weighted by Crippen LogP contribution is -2.23. The molecule has 0 heterocycles. The molecule has 0 unspecified atom stereocenters. The molecule has 9 heteroatoms. The predicted molar refractivity (Wildman–Crippen MR) is 212 cm³/mol. The summed E-state index contributed by atoms with van der Waals surface area (Å²) in [4.78, 5) is 51.5. The summed E-state index contributed by atoms with van der Waals surface area (Å²) in [5.41, 5.74) is -0.398. The van der Waals surface area contributed by atoms with Gasteiger partial charge in [0.05, 0.1) is 14.2 Å². The van der Waals surface area contributed by atoms with Crippen LogP contribution in [0.25, 0.3) is 6.08 Å². The Morgan fingerprint density at radius 1 is 0.491 bits per heavy atom. The normalized spacial score (nSPS) is 10.9. The van der Waals surface area contributed by atoms with Crippen molar-refractivity contribution in [3.8, 4) is 17.2 Å². The van der Waals surface area contributed by atoms with Gasteiger partial charge in [-0.3, -0.25) is 9.59 Å². The summed E-state index contributed by atoms with van der Waals surface area (Å²) in [6.07, 6.45) is 31.4. The Kier molecular flexibility index (Phi) is 28.9. The standard InChI is InChI=1S/C44H72O9/c1-5-7-9-11-13-15-17-19-21-23-25-27-29-31-40(45)52-43(48)37(33-36-34-38(50-3)42(47)39(35-36)51-4)44(49)53-41(46)32-30-28-26-24-22-20-18-16-14-12-10-8-6-2/h33-35,47H,5-32H2,1-4H3. The van der Waals surface area contributed by atoms with Gasteiger partial charge in [0.15, 0.2) is 11.5 Å². The number of aromatic hydroxyl groups is 1. The van der Waals surface area contributed by atoms with Gasteiger partial charge in [-0.2, -0.15) is 0 Å². The van der Waals surface area contributed by atoms with Gasteiger partial charge < -0.3 is 24.1 Å². The maximum Gasteiger partial charge on any atom is 0.353 e. The Labute approximate surface area is 321 Å². The monoisotopic (exact) mass is 745 g/mol. The van der Waals surface area contributed by atoms with Crippen molar-refractivity contribution in [1.82, 2.24) is 0 Å². The van der Waals surface area contributed by atoms with Gasteiger partial charge in [0.1, 0.15) is 5.57 Å². The number of methoxy groups -OCH3 is 2. The van der Waals surface area contributed by atoms with Gasteiger partial charge in [-0.25, -0.2) is 9.59 Å². The number of carbonyl (C=O) groups excluding carboxylic acids is 4. The van der Waals surface area contributed by atoms with Crippen LogP contribution >= 0.6 is 0 Å². The van der Waals surface area contributed by atoms with E-state index in [0.29, 0.717) is 12.8 Å². The van der Waals surface area contributed by atoms with Crippen molar-refractivity contribution in [2.75, 3.05) is 14.2 Å². The van der Waals surface area contributed by atoms with Gasteiger partial charge in [0, 0.05) is 12.8 Å². The minimum atomic E-state index is -1.21. The first-order valence-corrected chi connectivity index (χ1v) is 20.9. The zero-order valence-electron chi connectivity index (χ0n) is 33.7. The lowest BCUT2D eigenvalue weighted by molar-refractivity contribution is -0.160. The number of hydrogen-bond acceptors (Lipinski definition) is 9. The highest BCUT2D eigenvalue weighted by Crippen LogP contribution is 2.37. The average Bonchev–Trinajstić information content (AvgIpc) is 3.14. The molecule has 0 saturated carbocycles. The van der Waals surface area contributed by atoms with Crippen LogP contribution in [0.3, 0.4) is 0 Å². The van der Waals surface area contributed by atoms with Crippen LogP contribution in [0.15, 0.2) is 17.7 Å². The molecule has 1 N–H and O–H groups in total. The van der Waals surface area contributed by atoms with Crippen molar-refractivity contribution >= 4 is 30.0 Å². The highest BCUT2D eigenvalue weighted by Gasteiger charge is 2.27. The van der Waals surface area contributed by atoms with Crippen LogP contribution in [-0.4, -0.2) is 43.2 Å². The maximum atomic E-state index is 13.1. The first-order chi connectivity index (χ1) is 25.8. The number of carbonyl (C=O) groups is 4.